The third-order valence-corrected chi connectivity index (χ3v) is 3.84. The van der Waals surface area contributed by atoms with Gasteiger partial charge in [0.1, 0.15) is 11.6 Å². The smallest absolute Gasteiger partial charge is 0.126 e. The summed E-state index contributed by atoms with van der Waals surface area (Å²) in [6.07, 6.45) is 7.27. The fourth-order valence-corrected chi connectivity index (χ4v) is 2.42. The number of unbranched alkanes of at least 4 members (excludes halogenated alkanes) is 2. The van der Waals surface area contributed by atoms with Gasteiger partial charge in [-0.2, -0.15) is 0 Å². The number of nitrogens with one attached hydrogen (secondary N) is 1. The molecule has 0 unspecified atom stereocenters. The highest BCUT2D eigenvalue weighted by atomic mass is 32.2. The Morgan fingerprint density at radius 3 is 2.52 bits per heavy atom. The summed E-state index contributed by atoms with van der Waals surface area (Å²) in [5.74, 6) is 0.848. The highest BCUT2D eigenvalue weighted by molar-refractivity contribution is 8.16. The summed E-state index contributed by atoms with van der Waals surface area (Å²) in [5, 5.41) is 10.4. The quantitative estimate of drug-likeness (QED) is 0.311. The molecule has 0 aliphatic heterocycles. The summed E-state index contributed by atoms with van der Waals surface area (Å²) in [6.45, 7) is 10.5. The van der Waals surface area contributed by atoms with Crippen molar-refractivity contribution in [3.05, 3.63) is 47.4 Å². The first-order chi connectivity index (χ1) is 13.1. The Bertz CT molecular complexity index is 598. The van der Waals surface area contributed by atoms with E-state index in [0.717, 1.165) is 42.2 Å². The van der Waals surface area contributed by atoms with E-state index in [-0.39, 0.29) is 5.84 Å². The number of thioether (sulfide) groups is 1. The summed E-state index contributed by atoms with van der Waals surface area (Å²) in [4.78, 5) is 4.45. The standard InChI is InChI=1S/C18H25N3OS.C2H6.CH5N/c1-4-23-14(2)21-12-8-6-5-7-9-15-13-16(18(19)20)10-11-17(15)22-3;2*1-2/h4,7,9-11,13H,1,5-6,8,12H2,2-3H3,(H3,19,20);1-2H3;2H2,1H3/b9-7+,21-14?;;. The number of benzene rings is 1. The summed E-state index contributed by atoms with van der Waals surface area (Å²) < 4.78 is 5.33. The molecule has 1 rings (SSSR count). The van der Waals surface area contributed by atoms with Gasteiger partial charge in [-0.15, -0.1) is 0 Å². The molecule has 5 N–H and O–H groups in total. The lowest BCUT2D eigenvalue weighted by Gasteiger charge is -2.07. The average Bonchev–Trinajstić information content (AvgIpc) is 2.70. The number of ether oxygens (including phenoxy) is 1. The number of amidine groups is 1. The molecule has 0 aromatic heterocycles. The first-order valence-corrected chi connectivity index (χ1v) is 10.0. The average molecular weight is 393 g/mol. The van der Waals surface area contributed by atoms with E-state index in [0.29, 0.717) is 5.56 Å². The summed E-state index contributed by atoms with van der Waals surface area (Å²) in [7, 11) is 3.14. The van der Waals surface area contributed by atoms with Gasteiger partial charge in [0.05, 0.1) is 12.2 Å². The molecule has 6 heteroatoms. The van der Waals surface area contributed by atoms with Gasteiger partial charge in [-0.1, -0.05) is 44.3 Å². The second-order valence-corrected chi connectivity index (χ2v) is 6.11. The Kier molecular flexibility index (Phi) is 18.9. The van der Waals surface area contributed by atoms with Crippen LogP contribution in [0.1, 0.15) is 51.2 Å². The molecule has 0 aliphatic rings. The van der Waals surface area contributed by atoms with Crippen LogP contribution in [0.15, 0.2) is 41.3 Å². The van der Waals surface area contributed by atoms with Crippen LogP contribution < -0.4 is 16.2 Å². The van der Waals surface area contributed by atoms with E-state index < -0.39 is 0 Å². The minimum absolute atomic E-state index is 0.0629. The predicted molar refractivity (Wildman–Crippen MR) is 124 cm³/mol. The lowest BCUT2D eigenvalue weighted by atomic mass is 10.1. The maximum Gasteiger partial charge on any atom is 0.126 e. The Labute approximate surface area is 169 Å². The molecule has 0 amide bonds. The van der Waals surface area contributed by atoms with Crippen LogP contribution in [-0.2, 0) is 0 Å². The van der Waals surface area contributed by atoms with E-state index in [9.17, 15) is 0 Å². The van der Waals surface area contributed by atoms with Gasteiger partial charge in [-0.05, 0) is 56.8 Å². The largest absolute Gasteiger partial charge is 0.496 e. The number of allylic oxidation sites excluding steroid dienone is 1. The first-order valence-electron chi connectivity index (χ1n) is 9.13. The summed E-state index contributed by atoms with van der Waals surface area (Å²) >= 11 is 1.56. The number of hydrogen-bond donors (Lipinski definition) is 3. The number of nitrogens with zero attached hydrogens (tertiary/aromatic N) is 1. The van der Waals surface area contributed by atoms with Crippen molar-refractivity contribution in [3.63, 3.8) is 0 Å². The highest BCUT2D eigenvalue weighted by Gasteiger charge is 2.03. The fourth-order valence-electron chi connectivity index (χ4n) is 2.01. The van der Waals surface area contributed by atoms with Crippen LogP contribution in [0.25, 0.3) is 6.08 Å². The predicted octanol–water partition coefficient (Wildman–Crippen LogP) is 5.06. The van der Waals surface area contributed by atoms with Crippen molar-refractivity contribution in [1.82, 2.24) is 0 Å². The molecule has 0 saturated carbocycles. The molecular weight excluding hydrogens is 356 g/mol. The van der Waals surface area contributed by atoms with Gasteiger partial charge in [0, 0.05) is 17.7 Å². The molecule has 0 bridgehead atoms. The first kappa shape index (κ1) is 27.2. The zero-order chi connectivity index (χ0) is 21.1. The summed E-state index contributed by atoms with van der Waals surface area (Å²) in [6, 6.07) is 5.50. The van der Waals surface area contributed by atoms with Crippen LogP contribution in [0, 0.1) is 5.41 Å². The van der Waals surface area contributed by atoms with Gasteiger partial charge in [-0.25, -0.2) is 0 Å². The van der Waals surface area contributed by atoms with Crippen molar-refractivity contribution in [2.45, 2.75) is 40.0 Å². The van der Waals surface area contributed by atoms with Gasteiger partial charge < -0.3 is 16.2 Å². The minimum atomic E-state index is 0.0629. The number of methoxy groups -OCH3 is 1. The van der Waals surface area contributed by atoms with Crippen LogP contribution in [0.5, 0.6) is 5.75 Å². The van der Waals surface area contributed by atoms with Gasteiger partial charge in [0.2, 0.25) is 0 Å². The molecular formula is C21H36N4OS. The van der Waals surface area contributed by atoms with Gasteiger partial charge in [-0.3, -0.25) is 10.4 Å². The van der Waals surface area contributed by atoms with E-state index in [1.165, 1.54) is 7.05 Å². The normalized spacial score (nSPS) is 10.4. The van der Waals surface area contributed by atoms with E-state index in [4.69, 9.17) is 15.9 Å². The molecule has 152 valence electrons. The van der Waals surface area contributed by atoms with E-state index in [2.05, 4.69) is 23.4 Å². The number of nitrogens with two attached hydrogens (primary N) is 2. The van der Waals surface area contributed by atoms with Crippen molar-refractivity contribution in [1.29, 1.82) is 5.41 Å². The van der Waals surface area contributed by atoms with Crippen LogP contribution in [0.3, 0.4) is 0 Å². The van der Waals surface area contributed by atoms with E-state index >= 15 is 0 Å². The third kappa shape index (κ3) is 12.9. The number of aliphatic imine (C=N–C) groups is 1. The molecule has 27 heavy (non-hydrogen) atoms. The molecule has 0 saturated heterocycles. The monoisotopic (exact) mass is 392 g/mol. The molecule has 1 aromatic rings. The maximum atomic E-state index is 7.51. The van der Waals surface area contributed by atoms with Crippen LogP contribution in [-0.4, -0.2) is 31.6 Å². The van der Waals surface area contributed by atoms with Gasteiger partial charge in [0.25, 0.3) is 0 Å². The van der Waals surface area contributed by atoms with Crippen molar-refractivity contribution >= 4 is 28.7 Å². The second-order valence-electron chi connectivity index (χ2n) is 4.95. The Balaban J connectivity index is 0. The molecule has 0 aliphatic carbocycles. The van der Waals surface area contributed by atoms with Crippen LogP contribution in [0.4, 0.5) is 0 Å². The van der Waals surface area contributed by atoms with Gasteiger partial charge in [0.15, 0.2) is 0 Å². The molecule has 0 fully saturated rings. The fraction of sp³-hybridized carbons (Fsp3) is 0.429. The molecule has 0 atom stereocenters. The number of rotatable bonds is 9. The van der Waals surface area contributed by atoms with Crippen LogP contribution in [0.2, 0.25) is 0 Å². The molecule has 0 radical (unpaired) electrons. The topological polar surface area (TPSA) is 97.5 Å². The van der Waals surface area contributed by atoms with Crippen LogP contribution >= 0.6 is 11.8 Å². The number of hydrogen-bond acceptors (Lipinski definition) is 5. The van der Waals surface area contributed by atoms with E-state index in [1.54, 1.807) is 30.3 Å². The summed E-state index contributed by atoms with van der Waals surface area (Å²) in [5.41, 5.74) is 11.7. The van der Waals surface area contributed by atoms with Crippen molar-refractivity contribution in [2.24, 2.45) is 16.5 Å². The van der Waals surface area contributed by atoms with Crippen molar-refractivity contribution in [2.75, 3.05) is 20.7 Å². The number of nitrogen functional groups attached to an aromatic ring is 1. The lowest BCUT2D eigenvalue weighted by Crippen LogP contribution is -2.11. The van der Waals surface area contributed by atoms with Gasteiger partial charge >= 0.3 is 0 Å². The maximum absolute atomic E-state index is 7.51. The van der Waals surface area contributed by atoms with Crippen molar-refractivity contribution < 1.29 is 4.74 Å². The zero-order valence-corrected chi connectivity index (χ0v) is 18.2. The third-order valence-electron chi connectivity index (χ3n) is 3.21. The van der Waals surface area contributed by atoms with E-state index in [1.807, 2.05) is 39.0 Å². The Morgan fingerprint density at radius 2 is 1.96 bits per heavy atom. The Hall–Kier alpha value is -2.05. The second kappa shape index (κ2) is 18.7. The Morgan fingerprint density at radius 1 is 1.30 bits per heavy atom. The molecule has 0 spiro atoms. The highest BCUT2D eigenvalue weighted by Crippen LogP contribution is 2.21. The molecule has 5 nitrogen and oxygen atoms in total. The lowest BCUT2D eigenvalue weighted by molar-refractivity contribution is 0.414. The molecule has 0 heterocycles. The zero-order valence-electron chi connectivity index (χ0n) is 17.4. The SMILES string of the molecule is C=CSC(C)=NCCCC/C=C/c1cc(C(=N)N)ccc1OC.CC.CN. The van der Waals surface area contributed by atoms with Crippen molar-refractivity contribution in [3.8, 4) is 5.75 Å². The molecule has 1 aromatic carbocycles. The minimum Gasteiger partial charge on any atom is -0.496 e.